The summed E-state index contributed by atoms with van der Waals surface area (Å²) in [6.07, 6.45) is 0.213. The zero-order valence-corrected chi connectivity index (χ0v) is 13.1. The molecule has 0 atom stereocenters. The number of hydrogen-bond donors (Lipinski definition) is 1. The summed E-state index contributed by atoms with van der Waals surface area (Å²) < 4.78 is 19.6. The molecule has 2 rings (SSSR count). The Morgan fingerprint density at radius 2 is 1.28 bits per heavy atom. The Morgan fingerprint density at radius 1 is 0.840 bits per heavy atom. The standard InChI is InChI=1S/C16H14O9/c1-9(17)10-3-5-12(24-10)15(20)22-7-2-8-23-16(21)13-6-4-11(25-13)14(18)19/h3-6H,2,7-8H2,1H3,(H,18,19). The highest BCUT2D eigenvalue weighted by Crippen LogP contribution is 2.11. The van der Waals surface area contributed by atoms with Gasteiger partial charge in [0.15, 0.2) is 11.5 Å². The minimum absolute atomic E-state index is 0.0409. The molecule has 25 heavy (non-hydrogen) atoms. The van der Waals surface area contributed by atoms with Crippen LogP contribution >= 0.6 is 0 Å². The van der Waals surface area contributed by atoms with Crippen LogP contribution in [-0.4, -0.2) is 42.0 Å². The molecule has 0 aliphatic rings. The van der Waals surface area contributed by atoms with E-state index in [4.69, 9.17) is 23.4 Å². The smallest absolute Gasteiger partial charge is 0.374 e. The predicted molar refractivity (Wildman–Crippen MR) is 79.6 cm³/mol. The highest BCUT2D eigenvalue weighted by molar-refractivity contribution is 5.93. The minimum Gasteiger partial charge on any atom is -0.475 e. The number of carboxylic acid groups (broad SMARTS) is 1. The van der Waals surface area contributed by atoms with Gasteiger partial charge in [-0.05, 0) is 24.3 Å². The van der Waals surface area contributed by atoms with Gasteiger partial charge in [-0.15, -0.1) is 0 Å². The van der Waals surface area contributed by atoms with E-state index in [0.29, 0.717) is 0 Å². The molecule has 0 saturated heterocycles. The van der Waals surface area contributed by atoms with Crippen molar-refractivity contribution in [2.24, 2.45) is 0 Å². The molecular formula is C16H14O9. The van der Waals surface area contributed by atoms with E-state index in [1.807, 2.05) is 0 Å². The summed E-state index contributed by atoms with van der Waals surface area (Å²) >= 11 is 0. The van der Waals surface area contributed by atoms with E-state index < -0.39 is 17.9 Å². The highest BCUT2D eigenvalue weighted by atomic mass is 16.6. The lowest BCUT2D eigenvalue weighted by atomic mass is 10.3. The number of rotatable bonds is 8. The average molecular weight is 350 g/mol. The van der Waals surface area contributed by atoms with E-state index in [-0.39, 0.29) is 48.5 Å². The van der Waals surface area contributed by atoms with E-state index in [0.717, 1.165) is 6.07 Å². The Kier molecular flexibility index (Phi) is 5.72. The molecule has 132 valence electrons. The largest absolute Gasteiger partial charge is 0.475 e. The summed E-state index contributed by atoms with van der Waals surface area (Å²) in [4.78, 5) is 45.0. The van der Waals surface area contributed by atoms with Crippen LogP contribution in [0.5, 0.6) is 0 Å². The maximum atomic E-state index is 11.7. The van der Waals surface area contributed by atoms with Crippen LogP contribution in [0.15, 0.2) is 33.1 Å². The second-order valence-electron chi connectivity index (χ2n) is 4.81. The van der Waals surface area contributed by atoms with Gasteiger partial charge in [-0.25, -0.2) is 14.4 Å². The SMILES string of the molecule is CC(=O)c1ccc(C(=O)OCCCOC(=O)c2ccc(C(=O)O)o2)o1. The van der Waals surface area contributed by atoms with E-state index in [1.165, 1.54) is 25.1 Å². The Bertz CT molecular complexity index is 730. The van der Waals surface area contributed by atoms with Crippen molar-refractivity contribution in [1.29, 1.82) is 0 Å². The Labute approximate surface area is 141 Å². The third-order valence-corrected chi connectivity index (χ3v) is 2.93. The van der Waals surface area contributed by atoms with Gasteiger partial charge in [0.2, 0.25) is 17.3 Å². The molecule has 0 fully saturated rings. The third kappa shape index (κ3) is 4.80. The fraction of sp³-hybridized carbons (Fsp3) is 0.250. The van der Waals surface area contributed by atoms with Crippen LogP contribution in [0.1, 0.15) is 55.6 Å². The van der Waals surface area contributed by atoms with Gasteiger partial charge >= 0.3 is 17.9 Å². The van der Waals surface area contributed by atoms with Gasteiger partial charge in [0.05, 0.1) is 13.2 Å². The van der Waals surface area contributed by atoms with Gasteiger partial charge in [-0.1, -0.05) is 0 Å². The van der Waals surface area contributed by atoms with Gasteiger partial charge in [0.1, 0.15) is 0 Å². The van der Waals surface area contributed by atoms with Gasteiger partial charge in [0, 0.05) is 13.3 Å². The van der Waals surface area contributed by atoms with Crippen LogP contribution in [0.4, 0.5) is 0 Å². The van der Waals surface area contributed by atoms with Gasteiger partial charge in [0.25, 0.3) is 0 Å². The normalized spacial score (nSPS) is 10.3. The maximum absolute atomic E-state index is 11.7. The lowest BCUT2D eigenvalue weighted by molar-refractivity contribution is 0.0357. The van der Waals surface area contributed by atoms with Crippen molar-refractivity contribution in [2.45, 2.75) is 13.3 Å². The van der Waals surface area contributed by atoms with Gasteiger partial charge in [-0.2, -0.15) is 0 Å². The van der Waals surface area contributed by atoms with Crippen LogP contribution in [0, 0.1) is 0 Å². The lowest BCUT2D eigenvalue weighted by Crippen LogP contribution is -2.10. The van der Waals surface area contributed by atoms with E-state index in [2.05, 4.69) is 0 Å². The van der Waals surface area contributed by atoms with Crippen molar-refractivity contribution in [1.82, 2.24) is 0 Å². The molecule has 0 radical (unpaired) electrons. The van der Waals surface area contributed by atoms with Crippen LogP contribution in [0.25, 0.3) is 0 Å². The van der Waals surface area contributed by atoms with Crippen molar-refractivity contribution in [2.75, 3.05) is 13.2 Å². The fourth-order valence-electron chi connectivity index (χ4n) is 1.73. The molecule has 9 heteroatoms. The average Bonchev–Trinajstić information content (AvgIpc) is 3.23. The number of Topliss-reactive ketones (excluding diaryl/α,β-unsaturated/α-hetero) is 1. The maximum Gasteiger partial charge on any atom is 0.374 e. The zero-order valence-electron chi connectivity index (χ0n) is 13.1. The van der Waals surface area contributed by atoms with Gasteiger partial charge in [-0.3, -0.25) is 4.79 Å². The number of esters is 2. The third-order valence-electron chi connectivity index (χ3n) is 2.93. The molecule has 0 unspecified atom stereocenters. The number of ketones is 1. The molecule has 0 aromatic carbocycles. The van der Waals surface area contributed by atoms with Crippen molar-refractivity contribution in [3.8, 4) is 0 Å². The van der Waals surface area contributed by atoms with Crippen LogP contribution in [0.2, 0.25) is 0 Å². The number of furan rings is 2. The number of carboxylic acids is 1. The Morgan fingerprint density at radius 3 is 1.68 bits per heavy atom. The number of aromatic carboxylic acids is 1. The summed E-state index contributed by atoms with van der Waals surface area (Å²) in [6, 6.07) is 5.03. The molecule has 0 aliphatic heterocycles. The van der Waals surface area contributed by atoms with Crippen LogP contribution in [0.3, 0.4) is 0 Å². The second kappa shape index (κ2) is 7.95. The molecule has 1 N–H and O–H groups in total. The number of ether oxygens (including phenoxy) is 2. The molecule has 0 bridgehead atoms. The summed E-state index contributed by atoms with van der Waals surface area (Å²) in [5, 5.41) is 8.68. The van der Waals surface area contributed by atoms with Crippen molar-refractivity contribution in [3.63, 3.8) is 0 Å². The monoisotopic (exact) mass is 350 g/mol. The first-order valence-corrected chi connectivity index (χ1v) is 7.16. The second-order valence-corrected chi connectivity index (χ2v) is 4.81. The quantitative estimate of drug-likeness (QED) is 0.432. The first kappa shape index (κ1) is 18.0. The number of hydrogen-bond acceptors (Lipinski definition) is 8. The highest BCUT2D eigenvalue weighted by Gasteiger charge is 2.17. The minimum atomic E-state index is -1.29. The molecule has 0 aliphatic carbocycles. The van der Waals surface area contributed by atoms with Crippen LogP contribution < -0.4 is 0 Å². The van der Waals surface area contributed by atoms with E-state index >= 15 is 0 Å². The molecule has 0 saturated carbocycles. The molecule has 2 aromatic heterocycles. The molecule has 2 heterocycles. The Hall–Kier alpha value is -3.36. The summed E-state index contributed by atoms with van der Waals surface area (Å²) in [5.41, 5.74) is 0. The zero-order chi connectivity index (χ0) is 18.4. The lowest BCUT2D eigenvalue weighted by Gasteiger charge is -2.04. The molecular weight excluding hydrogens is 336 g/mol. The first-order valence-electron chi connectivity index (χ1n) is 7.16. The number of carbonyl (C=O) groups excluding carboxylic acids is 3. The topological polar surface area (TPSA) is 133 Å². The molecule has 0 amide bonds. The number of carbonyl (C=O) groups is 4. The van der Waals surface area contributed by atoms with Crippen molar-refractivity contribution in [3.05, 3.63) is 47.3 Å². The van der Waals surface area contributed by atoms with Crippen LogP contribution in [-0.2, 0) is 9.47 Å². The Balaban J connectivity index is 1.70. The fourth-order valence-corrected chi connectivity index (χ4v) is 1.73. The van der Waals surface area contributed by atoms with Gasteiger partial charge < -0.3 is 23.4 Å². The van der Waals surface area contributed by atoms with Crippen molar-refractivity contribution >= 4 is 23.7 Å². The van der Waals surface area contributed by atoms with E-state index in [9.17, 15) is 19.2 Å². The summed E-state index contributed by atoms with van der Waals surface area (Å²) in [6.45, 7) is 1.20. The first-order chi connectivity index (χ1) is 11.9. The summed E-state index contributed by atoms with van der Waals surface area (Å²) in [7, 11) is 0. The predicted octanol–water partition coefficient (Wildman–Crippen LogP) is 2.18. The molecule has 2 aromatic rings. The van der Waals surface area contributed by atoms with Crippen molar-refractivity contribution < 1.29 is 42.6 Å². The molecule has 9 nitrogen and oxygen atoms in total. The molecule has 0 spiro atoms. The van der Waals surface area contributed by atoms with E-state index in [1.54, 1.807) is 0 Å². The summed E-state index contributed by atoms with van der Waals surface area (Å²) in [5.74, 6) is -3.82.